The molecule has 5 rings (SSSR count). The van der Waals surface area contributed by atoms with Crippen LogP contribution in [0, 0.1) is 6.92 Å². The molecule has 0 saturated carbocycles. The number of anilines is 1. The molecule has 0 unspecified atom stereocenters. The molecule has 188 valence electrons. The summed E-state index contributed by atoms with van der Waals surface area (Å²) in [6, 6.07) is 13.1. The lowest BCUT2D eigenvalue weighted by molar-refractivity contribution is -0.138. The third kappa shape index (κ3) is 4.93. The number of aromatic nitrogens is 3. The number of para-hydroxylation sites is 1. The third-order valence-electron chi connectivity index (χ3n) is 6.06. The van der Waals surface area contributed by atoms with E-state index in [4.69, 9.17) is 14.5 Å². The first-order valence-corrected chi connectivity index (χ1v) is 12.2. The van der Waals surface area contributed by atoms with Crippen LogP contribution in [0.3, 0.4) is 0 Å². The zero-order chi connectivity index (χ0) is 25.3. The number of benzene rings is 2. The normalized spacial score (nSPS) is 14.4. The Morgan fingerprint density at radius 1 is 1.06 bits per heavy atom. The molecular formula is C25H23F3N4O3S. The number of hydrogen-bond acceptors (Lipinski definition) is 7. The lowest BCUT2D eigenvalue weighted by atomic mass is 10.0. The molecule has 0 spiro atoms. The summed E-state index contributed by atoms with van der Waals surface area (Å²) in [4.78, 5) is 24.0. The van der Waals surface area contributed by atoms with Gasteiger partial charge in [-0.3, -0.25) is 4.79 Å². The fraction of sp³-hybridized carbons (Fsp3) is 0.320. The number of thiazole rings is 1. The van der Waals surface area contributed by atoms with Crippen molar-refractivity contribution in [2.75, 3.05) is 31.2 Å². The Balaban J connectivity index is 1.60. The topological polar surface area (TPSA) is 69.5 Å². The smallest absolute Gasteiger partial charge is 0.416 e. The molecule has 3 heterocycles. The van der Waals surface area contributed by atoms with Crippen LogP contribution in [0.1, 0.15) is 22.5 Å². The molecule has 2 aromatic carbocycles. The predicted octanol–water partition coefficient (Wildman–Crippen LogP) is 4.64. The van der Waals surface area contributed by atoms with Crippen molar-refractivity contribution in [1.29, 1.82) is 0 Å². The number of rotatable bonds is 6. The van der Waals surface area contributed by atoms with Gasteiger partial charge in [-0.1, -0.05) is 41.7 Å². The monoisotopic (exact) mass is 516 g/mol. The largest absolute Gasteiger partial charge is 0.486 e. The van der Waals surface area contributed by atoms with E-state index in [9.17, 15) is 18.0 Å². The molecular weight excluding hydrogens is 493 g/mol. The van der Waals surface area contributed by atoms with Gasteiger partial charge in [0.15, 0.2) is 16.6 Å². The molecule has 11 heteroatoms. The molecule has 0 N–H and O–H groups in total. The molecule has 0 radical (unpaired) electrons. The zero-order valence-corrected chi connectivity index (χ0v) is 20.2. The summed E-state index contributed by atoms with van der Waals surface area (Å²) >= 11 is 1.23. The summed E-state index contributed by atoms with van der Waals surface area (Å²) in [6.07, 6.45) is -4.47. The number of hydrogen-bond donors (Lipinski definition) is 0. The molecule has 1 aliphatic heterocycles. The van der Waals surface area contributed by atoms with Crippen LogP contribution in [0.2, 0.25) is 0 Å². The van der Waals surface area contributed by atoms with Gasteiger partial charge in [0.2, 0.25) is 0 Å². The Morgan fingerprint density at radius 3 is 2.53 bits per heavy atom. The standard InChI is InChI=1S/C25H23F3N4O3S/c1-16-17(6-5-9-19(16)25(26,27)28)14-32-20(15-35-18-7-3-2-4-8-18)29-23(33)21-22(32)30-24(36-21)31-10-12-34-13-11-31/h2-9H,10-15H2,1H3. The Bertz CT molecular complexity index is 1430. The van der Waals surface area contributed by atoms with Crippen molar-refractivity contribution in [2.45, 2.75) is 26.3 Å². The minimum Gasteiger partial charge on any atom is -0.486 e. The molecule has 7 nitrogen and oxygen atoms in total. The van der Waals surface area contributed by atoms with Crippen LogP contribution in [0.25, 0.3) is 10.3 Å². The maximum atomic E-state index is 13.6. The summed E-state index contributed by atoms with van der Waals surface area (Å²) in [5, 5.41) is 0.655. The van der Waals surface area contributed by atoms with Crippen molar-refractivity contribution in [3.05, 3.63) is 81.4 Å². The molecule has 0 amide bonds. The van der Waals surface area contributed by atoms with Crippen molar-refractivity contribution in [1.82, 2.24) is 14.5 Å². The first-order chi connectivity index (χ1) is 17.3. The number of ether oxygens (including phenoxy) is 2. The molecule has 1 aliphatic rings. The molecule has 0 aliphatic carbocycles. The van der Waals surface area contributed by atoms with E-state index in [1.54, 1.807) is 22.8 Å². The van der Waals surface area contributed by atoms with Gasteiger partial charge in [-0.2, -0.15) is 18.2 Å². The SMILES string of the molecule is Cc1c(Cn2c(COc3ccccc3)nc(=O)c3sc(N4CCOCC4)nc32)cccc1C(F)(F)F. The van der Waals surface area contributed by atoms with Gasteiger partial charge in [0.1, 0.15) is 17.1 Å². The lowest BCUT2D eigenvalue weighted by Gasteiger charge is -2.25. The maximum absolute atomic E-state index is 13.6. The number of nitrogens with zero attached hydrogens (tertiary/aromatic N) is 4. The summed E-state index contributed by atoms with van der Waals surface area (Å²) in [6.45, 7) is 3.84. The third-order valence-corrected chi connectivity index (χ3v) is 7.16. The van der Waals surface area contributed by atoms with E-state index in [1.807, 2.05) is 23.1 Å². The van der Waals surface area contributed by atoms with Crippen LogP contribution in [0.4, 0.5) is 18.3 Å². The fourth-order valence-corrected chi connectivity index (χ4v) is 5.14. The summed E-state index contributed by atoms with van der Waals surface area (Å²) in [7, 11) is 0. The Morgan fingerprint density at radius 2 is 1.81 bits per heavy atom. The minimum absolute atomic E-state index is 0.0440. The van der Waals surface area contributed by atoms with Crippen molar-refractivity contribution < 1.29 is 22.6 Å². The number of halogens is 3. The van der Waals surface area contributed by atoms with E-state index in [1.165, 1.54) is 24.3 Å². The van der Waals surface area contributed by atoms with Gasteiger partial charge in [-0.25, -0.2) is 4.98 Å². The molecule has 1 fully saturated rings. The first kappa shape index (κ1) is 24.3. The van der Waals surface area contributed by atoms with Crippen LogP contribution >= 0.6 is 11.3 Å². The van der Waals surface area contributed by atoms with E-state index >= 15 is 0 Å². The molecule has 4 aromatic rings. The van der Waals surface area contributed by atoms with E-state index in [0.29, 0.717) is 53.1 Å². The van der Waals surface area contributed by atoms with Crippen molar-refractivity contribution >= 4 is 26.8 Å². The fourth-order valence-electron chi connectivity index (χ4n) is 4.14. The van der Waals surface area contributed by atoms with Gasteiger partial charge >= 0.3 is 6.18 Å². The van der Waals surface area contributed by atoms with Crippen LogP contribution in [0.15, 0.2) is 53.3 Å². The van der Waals surface area contributed by atoms with Gasteiger partial charge < -0.3 is 18.9 Å². The summed E-state index contributed by atoms with van der Waals surface area (Å²) in [5.74, 6) is 0.868. The van der Waals surface area contributed by atoms with Crippen LogP contribution < -0.4 is 15.2 Å². The van der Waals surface area contributed by atoms with Crippen molar-refractivity contribution in [2.24, 2.45) is 0 Å². The highest BCUT2D eigenvalue weighted by Crippen LogP contribution is 2.34. The van der Waals surface area contributed by atoms with Gasteiger partial charge in [0, 0.05) is 13.1 Å². The second kappa shape index (κ2) is 9.90. The van der Waals surface area contributed by atoms with E-state index in [0.717, 1.165) is 6.07 Å². The van der Waals surface area contributed by atoms with Crippen LogP contribution in [-0.4, -0.2) is 40.8 Å². The Kier molecular flexibility index (Phi) is 6.67. The van der Waals surface area contributed by atoms with E-state index < -0.39 is 17.3 Å². The second-order valence-electron chi connectivity index (χ2n) is 8.36. The highest BCUT2D eigenvalue weighted by atomic mass is 32.1. The van der Waals surface area contributed by atoms with Crippen LogP contribution in [0.5, 0.6) is 5.75 Å². The molecule has 2 aromatic heterocycles. The molecule has 0 atom stereocenters. The first-order valence-electron chi connectivity index (χ1n) is 11.4. The summed E-state index contributed by atoms with van der Waals surface area (Å²) < 4.78 is 54.0. The predicted molar refractivity (Wildman–Crippen MR) is 131 cm³/mol. The van der Waals surface area contributed by atoms with Gasteiger partial charge in [-0.05, 0) is 36.2 Å². The highest BCUT2D eigenvalue weighted by Gasteiger charge is 2.33. The molecule has 1 saturated heterocycles. The average molecular weight is 517 g/mol. The number of alkyl halides is 3. The zero-order valence-electron chi connectivity index (χ0n) is 19.4. The number of morpholine rings is 1. The molecule has 0 bridgehead atoms. The summed E-state index contributed by atoms with van der Waals surface area (Å²) in [5.41, 5.74) is -0.177. The number of fused-ring (bicyclic) bond motifs is 1. The average Bonchev–Trinajstić information content (AvgIpc) is 3.32. The van der Waals surface area contributed by atoms with Crippen LogP contribution in [-0.2, 0) is 24.1 Å². The Labute approximate surface area is 208 Å². The van der Waals surface area contributed by atoms with E-state index in [-0.39, 0.29) is 24.5 Å². The van der Waals surface area contributed by atoms with Gasteiger partial charge in [0.25, 0.3) is 5.56 Å². The van der Waals surface area contributed by atoms with Crippen molar-refractivity contribution in [3.8, 4) is 5.75 Å². The minimum atomic E-state index is -4.47. The van der Waals surface area contributed by atoms with Crippen molar-refractivity contribution in [3.63, 3.8) is 0 Å². The second-order valence-corrected chi connectivity index (χ2v) is 9.33. The lowest BCUT2D eigenvalue weighted by Crippen LogP contribution is -2.36. The van der Waals surface area contributed by atoms with Gasteiger partial charge in [0.05, 0.1) is 25.3 Å². The maximum Gasteiger partial charge on any atom is 0.416 e. The molecule has 36 heavy (non-hydrogen) atoms. The quantitative estimate of drug-likeness (QED) is 0.372. The van der Waals surface area contributed by atoms with Gasteiger partial charge in [-0.15, -0.1) is 0 Å². The highest BCUT2D eigenvalue weighted by molar-refractivity contribution is 7.22. The van der Waals surface area contributed by atoms with E-state index in [2.05, 4.69) is 4.98 Å². The Hall–Kier alpha value is -3.44.